The summed E-state index contributed by atoms with van der Waals surface area (Å²) in [5.41, 5.74) is 3.03. The second-order valence-electron chi connectivity index (χ2n) is 5.12. The number of aromatic amines is 2. The van der Waals surface area contributed by atoms with Crippen LogP contribution in [0.2, 0.25) is 5.02 Å². The number of hydrogen-bond acceptors (Lipinski definition) is 3. The summed E-state index contributed by atoms with van der Waals surface area (Å²) < 4.78 is 0. The van der Waals surface area contributed by atoms with E-state index in [1.165, 1.54) is 0 Å². The molecule has 1 aromatic carbocycles. The smallest absolute Gasteiger partial charge is 0.267 e. The lowest BCUT2D eigenvalue weighted by atomic mass is 10.0. The molecule has 23 heavy (non-hydrogen) atoms. The van der Waals surface area contributed by atoms with Gasteiger partial charge in [0.1, 0.15) is 11.6 Å². The van der Waals surface area contributed by atoms with E-state index in [1.54, 1.807) is 30.6 Å². The Labute approximate surface area is 135 Å². The fourth-order valence-electron chi connectivity index (χ4n) is 2.80. The van der Waals surface area contributed by atoms with E-state index in [9.17, 15) is 10.1 Å². The van der Waals surface area contributed by atoms with E-state index in [0.717, 1.165) is 10.9 Å². The van der Waals surface area contributed by atoms with Gasteiger partial charge in [-0.3, -0.25) is 9.78 Å². The molecule has 0 saturated heterocycles. The lowest BCUT2D eigenvalue weighted by molar-refractivity contribution is 1.27. The molecule has 0 fully saturated rings. The minimum Gasteiger partial charge on any atom is -0.353 e. The third kappa shape index (κ3) is 2.00. The zero-order valence-corrected chi connectivity index (χ0v) is 12.5. The Morgan fingerprint density at radius 1 is 1.17 bits per heavy atom. The van der Waals surface area contributed by atoms with Crippen LogP contribution in [0, 0.1) is 11.3 Å². The number of hydrogen-bond donors (Lipinski definition) is 2. The van der Waals surface area contributed by atoms with E-state index < -0.39 is 5.56 Å². The highest BCUT2D eigenvalue weighted by Crippen LogP contribution is 2.33. The van der Waals surface area contributed by atoms with Crippen molar-refractivity contribution in [1.82, 2.24) is 15.0 Å². The number of halogens is 1. The Bertz CT molecular complexity index is 1150. The molecule has 0 aliphatic carbocycles. The number of pyridine rings is 2. The lowest BCUT2D eigenvalue weighted by Gasteiger charge is -2.05. The van der Waals surface area contributed by atoms with Crippen LogP contribution in [-0.4, -0.2) is 15.0 Å². The quantitative estimate of drug-likeness (QED) is 0.562. The van der Waals surface area contributed by atoms with Gasteiger partial charge in [-0.15, -0.1) is 0 Å². The molecular weight excluding hydrogens is 312 g/mol. The summed E-state index contributed by atoms with van der Waals surface area (Å²) in [5, 5.41) is 10.8. The van der Waals surface area contributed by atoms with Gasteiger partial charge in [0.05, 0.1) is 11.0 Å². The van der Waals surface area contributed by atoms with Crippen LogP contribution in [0.1, 0.15) is 5.56 Å². The molecule has 0 bridgehead atoms. The highest BCUT2D eigenvalue weighted by molar-refractivity contribution is 6.31. The molecule has 0 unspecified atom stereocenters. The number of nitriles is 1. The topological polar surface area (TPSA) is 85.3 Å². The fraction of sp³-hybridized carbons (Fsp3) is 0. The molecule has 0 saturated carbocycles. The van der Waals surface area contributed by atoms with E-state index in [0.29, 0.717) is 27.2 Å². The Hall–Kier alpha value is -3.10. The van der Waals surface area contributed by atoms with Gasteiger partial charge < -0.3 is 9.97 Å². The van der Waals surface area contributed by atoms with Gasteiger partial charge in [-0.05, 0) is 24.3 Å². The van der Waals surface area contributed by atoms with Gasteiger partial charge in [0.15, 0.2) is 0 Å². The van der Waals surface area contributed by atoms with Gasteiger partial charge >= 0.3 is 0 Å². The molecule has 5 nitrogen and oxygen atoms in total. The van der Waals surface area contributed by atoms with Crippen LogP contribution >= 0.6 is 11.6 Å². The number of fused-ring (bicyclic) bond motifs is 3. The van der Waals surface area contributed by atoms with Crippen molar-refractivity contribution in [2.24, 2.45) is 0 Å². The molecule has 110 valence electrons. The molecule has 0 spiro atoms. The third-order valence-electron chi connectivity index (χ3n) is 3.79. The monoisotopic (exact) mass is 320 g/mol. The minimum atomic E-state index is -0.431. The molecule has 0 radical (unpaired) electrons. The Morgan fingerprint density at radius 2 is 2.04 bits per heavy atom. The van der Waals surface area contributed by atoms with Crippen molar-refractivity contribution in [3.63, 3.8) is 0 Å². The Balaban J connectivity index is 2.25. The van der Waals surface area contributed by atoms with E-state index in [-0.39, 0.29) is 5.56 Å². The van der Waals surface area contributed by atoms with Gasteiger partial charge in [0, 0.05) is 39.4 Å². The van der Waals surface area contributed by atoms with Crippen molar-refractivity contribution >= 4 is 33.5 Å². The maximum absolute atomic E-state index is 12.3. The molecule has 3 heterocycles. The maximum Gasteiger partial charge on any atom is 0.267 e. The summed E-state index contributed by atoms with van der Waals surface area (Å²) in [6.45, 7) is 0. The van der Waals surface area contributed by atoms with E-state index in [4.69, 9.17) is 11.6 Å². The van der Waals surface area contributed by atoms with Crippen LogP contribution in [0.3, 0.4) is 0 Å². The van der Waals surface area contributed by atoms with Crippen molar-refractivity contribution in [3.05, 3.63) is 63.7 Å². The average molecular weight is 321 g/mol. The first-order chi connectivity index (χ1) is 11.2. The second kappa shape index (κ2) is 4.97. The molecule has 6 heteroatoms. The van der Waals surface area contributed by atoms with E-state index >= 15 is 0 Å². The minimum absolute atomic E-state index is 0.0585. The number of nitrogens with zero attached hydrogens (tertiary/aromatic N) is 2. The molecular formula is C17H9ClN4O. The molecule has 4 aromatic rings. The van der Waals surface area contributed by atoms with Crippen LogP contribution in [0.4, 0.5) is 0 Å². The Kier molecular flexibility index (Phi) is 2.93. The standard InChI is InChI=1S/C17H9ClN4O/c18-10-3-4-13-11(6-10)15-16(21-13)14(9-2-1-5-20-8-9)12(7-19)17(23)22-15/h1-6,8,21H,(H,22,23). The van der Waals surface area contributed by atoms with Crippen molar-refractivity contribution in [3.8, 4) is 17.2 Å². The summed E-state index contributed by atoms with van der Waals surface area (Å²) in [6, 6.07) is 11.0. The highest BCUT2D eigenvalue weighted by atomic mass is 35.5. The number of aromatic nitrogens is 3. The third-order valence-corrected chi connectivity index (χ3v) is 4.02. The van der Waals surface area contributed by atoms with Crippen LogP contribution in [0.5, 0.6) is 0 Å². The summed E-state index contributed by atoms with van der Waals surface area (Å²) in [7, 11) is 0. The van der Waals surface area contributed by atoms with Crippen LogP contribution in [0.25, 0.3) is 33.1 Å². The average Bonchev–Trinajstić information content (AvgIpc) is 2.92. The number of benzene rings is 1. The molecule has 3 aromatic heterocycles. The zero-order valence-electron chi connectivity index (χ0n) is 11.7. The predicted octanol–water partition coefficient (Wildman–Crippen LogP) is 3.60. The first-order valence-electron chi connectivity index (χ1n) is 6.87. The molecule has 2 N–H and O–H groups in total. The van der Waals surface area contributed by atoms with Crippen molar-refractivity contribution in [2.45, 2.75) is 0 Å². The summed E-state index contributed by atoms with van der Waals surface area (Å²) in [5.74, 6) is 0. The lowest BCUT2D eigenvalue weighted by Crippen LogP contribution is -2.11. The summed E-state index contributed by atoms with van der Waals surface area (Å²) in [6.07, 6.45) is 3.28. The second-order valence-corrected chi connectivity index (χ2v) is 5.56. The number of H-pyrrole nitrogens is 2. The van der Waals surface area contributed by atoms with Crippen molar-refractivity contribution < 1.29 is 0 Å². The molecule has 0 aliphatic heterocycles. The maximum atomic E-state index is 12.3. The van der Waals surface area contributed by atoms with Gasteiger partial charge in [-0.1, -0.05) is 17.7 Å². The number of nitrogens with one attached hydrogen (secondary N) is 2. The van der Waals surface area contributed by atoms with Crippen molar-refractivity contribution in [1.29, 1.82) is 5.26 Å². The highest BCUT2D eigenvalue weighted by Gasteiger charge is 2.18. The predicted molar refractivity (Wildman–Crippen MR) is 89.4 cm³/mol. The first-order valence-corrected chi connectivity index (χ1v) is 7.24. The largest absolute Gasteiger partial charge is 0.353 e. The normalized spacial score (nSPS) is 11.0. The molecule has 0 aliphatic rings. The van der Waals surface area contributed by atoms with Gasteiger partial charge in [-0.2, -0.15) is 5.26 Å². The van der Waals surface area contributed by atoms with Gasteiger partial charge in [0.25, 0.3) is 5.56 Å². The summed E-state index contributed by atoms with van der Waals surface area (Å²) >= 11 is 6.06. The Morgan fingerprint density at radius 3 is 2.78 bits per heavy atom. The summed E-state index contributed by atoms with van der Waals surface area (Å²) in [4.78, 5) is 22.5. The van der Waals surface area contributed by atoms with Crippen molar-refractivity contribution in [2.75, 3.05) is 0 Å². The van der Waals surface area contributed by atoms with Gasteiger partial charge in [0.2, 0.25) is 0 Å². The fourth-order valence-corrected chi connectivity index (χ4v) is 2.97. The van der Waals surface area contributed by atoms with Crippen LogP contribution in [-0.2, 0) is 0 Å². The SMILES string of the molecule is N#Cc1c(-c2cccnc2)c2[nH]c3ccc(Cl)cc3c2[nH]c1=O. The van der Waals surface area contributed by atoms with Gasteiger partial charge in [-0.25, -0.2) is 0 Å². The van der Waals surface area contributed by atoms with E-state index in [1.807, 2.05) is 18.2 Å². The number of rotatable bonds is 1. The molecule has 0 atom stereocenters. The van der Waals surface area contributed by atoms with Crippen LogP contribution in [0.15, 0.2) is 47.5 Å². The van der Waals surface area contributed by atoms with E-state index in [2.05, 4.69) is 15.0 Å². The zero-order chi connectivity index (χ0) is 16.0. The van der Waals surface area contributed by atoms with Crippen LogP contribution < -0.4 is 5.56 Å². The molecule has 0 amide bonds. The first kappa shape index (κ1) is 13.6. The molecule has 4 rings (SSSR count).